The number of carbonyl (C=O) groups excluding carboxylic acids is 3. The lowest BCUT2D eigenvalue weighted by Gasteiger charge is -2.19. The van der Waals surface area contributed by atoms with Gasteiger partial charge in [-0.15, -0.1) is 0 Å². The zero-order valence-corrected chi connectivity index (χ0v) is 18.6. The van der Waals surface area contributed by atoms with Gasteiger partial charge in [-0.25, -0.2) is 0 Å². The van der Waals surface area contributed by atoms with Crippen LogP contribution in [0.4, 0.5) is 11.4 Å². The number of para-hydroxylation sites is 2. The zero-order valence-electron chi connectivity index (χ0n) is 17.0. The molecule has 1 atom stereocenters. The highest BCUT2D eigenvalue weighted by atomic mass is 79.9. The Bertz CT molecular complexity index is 991. The highest BCUT2D eigenvalue weighted by Gasteiger charge is 2.37. The summed E-state index contributed by atoms with van der Waals surface area (Å²) in [7, 11) is 1.53. The summed E-state index contributed by atoms with van der Waals surface area (Å²) in [6.45, 7) is 3.62. The minimum Gasteiger partial charge on any atom is -0.495 e. The molecule has 0 saturated carbocycles. The molecule has 2 aromatic rings. The maximum absolute atomic E-state index is 12.4. The van der Waals surface area contributed by atoms with Crippen molar-refractivity contribution >= 4 is 45.1 Å². The van der Waals surface area contributed by atoms with Crippen LogP contribution in [0.3, 0.4) is 0 Å². The third-order valence-corrected chi connectivity index (χ3v) is 6.03. The number of hydrogen-bond donors (Lipinski definition) is 1. The first kappa shape index (κ1) is 21.8. The largest absolute Gasteiger partial charge is 0.495 e. The number of anilines is 2. The van der Waals surface area contributed by atoms with Gasteiger partial charge < -0.3 is 19.7 Å². The minimum atomic E-state index is -0.633. The van der Waals surface area contributed by atoms with E-state index in [4.69, 9.17) is 9.47 Å². The van der Waals surface area contributed by atoms with Gasteiger partial charge in [0.15, 0.2) is 6.61 Å². The van der Waals surface area contributed by atoms with E-state index < -0.39 is 24.4 Å². The molecule has 1 heterocycles. The maximum Gasteiger partial charge on any atom is 0.311 e. The number of methoxy groups -OCH3 is 1. The Morgan fingerprint density at radius 2 is 1.90 bits per heavy atom. The lowest BCUT2D eigenvalue weighted by Crippen LogP contribution is -2.28. The van der Waals surface area contributed by atoms with E-state index in [-0.39, 0.29) is 18.9 Å². The van der Waals surface area contributed by atoms with E-state index in [0.717, 1.165) is 15.6 Å². The van der Waals surface area contributed by atoms with Crippen molar-refractivity contribution in [1.82, 2.24) is 0 Å². The predicted octanol–water partition coefficient (Wildman–Crippen LogP) is 3.61. The van der Waals surface area contributed by atoms with Gasteiger partial charge in [0.1, 0.15) is 5.75 Å². The van der Waals surface area contributed by atoms with Crippen LogP contribution in [0.15, 0.2) is 40.9 Å². The first-order chi connectivity index (χ1) is 14.3. The summed E-state index contributed by atoms with van der Waals surface area (Å²) in [6.07, 6.45) is 0.0313. The summed E-state index contributed by atoms with van der Waals surface area (Å²) >= 11 is 3.45. The number of hydrogen-bond acceptors (Lipinski definition) is 5. The van der Waals surface area contributed by atoms with Gasteiger partial charge in [0.05, 0.1) is 18.7 Å². The van der Waals surface area contributed by atoms with Gasteiger partial charge >= 0.3 is 5.97 Å². The Morgan fingerprint density at radius 3 is 2.63 bits per heavy atom. The molecule has 8 heteroatoms. The van der Waals surface area contributed by atoms with Gasteiger partial charge in [-0.3, -0.25) is 14.4 Å². The summed E-state index contributed by atoms with van der Waals surface area (Å²) in [5.74, 6) is -1.27. The molecule has 30 heavy (non-hydrogen) atoms. The lowest BCUT2D eigenvalue weighted by molar-refractivity contribution is -0.151. The quantitative estimate of drug-likeness (QED) is 0.646. The Labute approximate surface area is 183 Å². The van der Waals surface area contributed by atoms with E-state index in [9.17, 15) is 14.4 Å². The Balaban J connectivity index is 1.57. The second kappa shape index (κ2) is 9.30. The third-order valence-electron chi connectivity index (χ3n) is 5.18. The molecule has 0 radical (unpaired) electrons. The molecule has 1 N–H and O–H groups in total. The number of esters is 1. The van der Waals surface area contributed by atoms with Crippen molar-refractivity contribution in [1.29, 1.82) is 0 Å². The molecule has 158 valence electrons. The van der Waals surface area contributed by atoms with Crippen LogP contribution < -0.4 is 15.0 Å². The number of halogens is 1. The third kappa shape index (κ3) is 4.64. The topological polar surface area (TPSA) is 84.9 Å². The molecule has 2 amide bonds. The van der Waals surface area contributed by atoms with Crippen LogP contribution in [0, 0.1) is 19.8 Å². The summed E-state index contributed by atoms with van der Waals surface area (Å²) in [5.41, 5.74) is 3.22. The molecule has 7 nitrogen and oxygen atoms in total. The molecule has 0 aliphatic carbocycles. The van der Waals surface area contributed by atoms with E-state index in [0.29, 0.717) is 17.1 Å². The van der Waals surface area contributed by atoms with E-state index in [1.807, 2.05) is 26.0 Å². The summed E-state index contributed by atoms with van der Waals surface area (Å²) in [4.78, 5) is 38.6. The van der Waals surface area contributed by atoms with Gasteiger partial charge in [0, 0.05) is 23.1 Å². The molecular weight excluding hydrogens is 452 g/mol. The van der Waals surface area contributed by atoms with Crippen molar-refractivity contribution in [3.05, 3.63) is 52.0 Å². The van der Waals surface area contributed by atoms with Gasteiger partial charge in [0.25, 0.3) is 5.91 Å². The Hall–Kier alpha value is -2.87. The molecule has 2 aromatic carbocycles. The lowest BCUT2D eigenvalue weighted by atomic mass is 10.1. The zero-order chi connectivity index (χ0) is 21.8. The number of ether oxygens (including phenoxy) is 2. The van der Waals surface area contributed by atoms with Crippen LogP contribution in [0.1, 0.15) is 17.5 Å². The van der Waals surface area contributed by atoms with Crippen LogP contribution in [-0.4, -0.2) is 38.0 Å². The highest BCUT2D eigenvalue weighted by molar-refractivity contribution is 9.10. The van der Waals surface area contributed by atoms with Crippen molar-refractivity contribution in [2.75, 3.05) is 30.5 Å². The molecule has 0 unspecified atom stereocenters. The number of nitrogens with zero attached hydrogens (tertiary/aromatic N) is 1. The van der Waals surface area contributed by atoms with Crippen LogP contribution >= 0.6 is 15.9 Å². The highest BCUT2D eigenvalue weighted by Crippen LogP contribution is 2.33. The summed E-state index contributed by atoms with van der Waals surface area (Å²) < 4.78 is 11.4. The monoisotopic (exact) mass is 474 g/mol. The molecule has 0 aromatic heterocycles. The molecule has 1 saturated heterocycles. The van der Waals surface area contributed by atoms with Crippen molar-refractivity contribution in [2.24, 2.45) is 5.92 Å². The van der Waals surface area contributed by atoms with Gasteiger partial charge in [0.2, 0.25) is 5.91 Å². The van der Waals surface area contributed by atoms with Crippen molar-refractivity contribution in [3.8, 4) is 5.75 Å². The number of nitrogens with one attached hydrogen (secondary N) is 1. The molecule has 3 rings (SSSR count). The van der Waals surface area contributed by atoms with Crippen LogP contribution in [0.25, 0.3) is 0 Å². The van der Waals surface area contributed by atoms with Crippen LogP contribution in [0.2, 0.25) is 0 Å². The van der Waals surface area contributed by atoms with Crippen molar-refractivity contribution < 1.29 is 23.9 Å². The molecule has 0 bridgehead atoms. The summed E-state index contributed by atoms with van der Waals surface area (Å²) in [6, 6.07) is 10.8. The number of carbonyl (C=O) groups is 3. The van der Waals surface area contributed by atoms with E-state index in [2.05, 4.69) is 21.2 Å². The molecule has 1 aliphatic heterocycles. The number of benzene rings is 2. The SMILES string of the molecule is COc1ccccc1N1C[C@H](C(=O)OCC(=O)Nc2ccc(Br)c(C)c2C)CC1=O. The molecule has 1 aliphatic rings. The van der Waals surface area contributed by atoms with E-state index >= 15 is 0 Å². The van der Waals surface area contributed by atoms with Crippen LogP contribution in [0.5, 0.6) is 5.75 Å². The minimum absolute atomic E-state index is 0.0313. The average molecular weight is 475 g/mol. The van der Waals surface area contributed by atoms with E-state index in [1.165, 1.54) is 12.0 Å². The predicted molar refractivity (Wildman–Crippen MR) is 117 cm³/mol. The summed E-state index contributed by atoms with van der Waals surface area (Å²) in [5, 5.41) is 2.75. The number of amides is 2. The number of rotatable bonds is 6. The maximum atomic E-state index is 12.4. The van der Waals surface area contributed by atoms with Crippen LogP contribution in [-0.2, 0) is 19.1 Å². The van der Waals surface area contributed by atoms with Crippen molar-refractivity contribution in [2.45, 2.75) is 20.3 Å². The van der Waals surface area contributed by atoms with Crippen molar-refractivity contribution in [3.63, 3.8) is 0 Å². The Morgan fingerprint density at radius 1 is 1.17 bits per heavy atom. The fourth-order valence-corrected chi connectivity index (χ4v) is 3.74. The first-order valence-electron chi connectivity index (χ1n) is 9.47. The standard InChI is InChI=1S/C22H23BrN2O5/c1-13-14(2)17(9-8-16(13)23)24-20(26)12-30-22(28)15-10-21(27)25(11-15)18-6-4-5-7-19(18)29-3/h4-9,15H,10-12H2,1-3H3,(H,24,26)/t15-/m1/s1. The molecular formula is C22H23BrN2O5. The molecule has 1 fully saturated rings. The fourth-order valence-electron chi connectivity index (χ4n) is 3.31. The second-order valence-corrected chi connectivity index (χ2v) is 7.93. The first-order valence-corrected chi connectivity index (χ1v) is 10.3. The van der Waals surface area contributed by atoms with E-state index in [1.54, 1.807) is 24.3 Å². The molecule has 0 spiro atoms. The average Bonchev–Trinajstić information content (AvgIpc) is 3.14. The van der Waals surface area contributed by atoms with Gasteiger partial charge in [-0.2, -0.15) is 0 Å². The fraction of sp³-hybridized carbons (Fsp3) is 0.318. The Kier molecular flexibility index (Phi) is 6.77. The second-order valence-electron chi connectivity index (χ2n) is 7.08. The smallest absolute Gasteiger partial charge is 0.311 e. The normalized spacial score (nSPS) is 15.8. The van der Waals surface area contributed by atoms with Gasteiger partial charge in [-0.1, -0.05) is 28.1 Å². The van der Waals surface area contributed by atoms with Gasteiger partial charge in [-0.05, 0) is 49.2 Å².